The molecule has 1 aromatic heterocycles. The van der Waals surface area contributed by atoms with Crippen LogP contribution in [0.4, 0.5) is 23.2 Å². The molecule has 3 aromatic rings. The summed E-state index contributed by atoms with van der Waals surface area (Å²) < 4.78 is 62.0. The molecule has 0 unspecified atom stereocenters. The topological polar surface area (TPSA) is 75.5 Å². The fourth-order valence-electron chi connectivity index (χ4n) is 3.99. The maximum absolute atomic E-state index is 15.0. The maximum Gasteiger partial charge on any atom is 0.303 e. The van der Waals surface area contributed by atoms with Gasteiger partial charge in [-0.1, -0.05) is 0 Å². The maximum atomic E-state index is 15.0. The molecule has 1 aliphatic heterocycles. The number of carbonyl (C=O) groups is 1. The van der Waals surface area contributed by atoms with E-state index in [-0.39, 0.29) is 41.0 Å². The van der Waals surface area contributed by atoms with E-state index in [1.54, 1.807) is 11.8 Å². The average Bonchev–Trinajstić information content (AvgIpc) is 2.76. The number of nitrogens with zero attached hydrogens (tertiary/aromatic N) is 3. The van der Waals surface area contributed by atoms with E-state index in [0.29, 0.717) is 31.6 Å². The molecular weight excluding hydrogens is 454 g/mol. The summed E-state index contributed by atoms with van der Waals surface area (Å²) in [6.07, 6.45) is 1.09. The van der Waals surface area contributed by atoms with E-state index in [1.807, 2.05) is 0 Å². The van der Waals surface area contributed by atoms with Crippen LogP contribution in [-0.2, 0) is 4.79 Å². The summed E-state index contributed by atoms with van der Waals surface area (Å²) in [5.74, 6) is -4.60. The second-order valence-corrected chi connectivity index (χ2v) is 8.17. The summed E-state index contributed by atoms with van der Waals surface area (Å²) in [6.45, 7) is 2.32. The zero-order valence-electron chi connectivity index (χ0n) is 18.2. The zero-order valence-corrected chi connectivity index (χ0v) is 18.2. The minimum atomic E-state index is -1.09. The third-order valence-corrected chi connectivity index (χ3v) is 5.61. The summed E-state index contributed by atoms with van der Waals surface area (Å²) >= 11 is 0. The molecule has 1 aliphatic rings. The van der Waals surface area contributed by atoms with Crippen LogP contribution < -0.4 is 9.64 Å². The van der Waals surface area contributed by atoms with Crippen molar-refractivity contribution < 1.29 is 32.2 Å². The number of aryl methyl sites for hydroxylation is 1. The number of carboxylic acids is 1. The summed E-state index contributed by atoms with van der Waals surface area (Å²) in [6, 6.07) is 6.69. The molecule has 0 saturated carbocycles. The number of hydrogen-bond acceptors (Lipinski definition) is 5. The van der Waals surface area contributed by atoms with Crippen molar-refractivity contribution in [2.45, 2.75) is 26.2 Å². The van der Waals surface area contributed by atoms with Crippen LogP contribution in [0.25, 0.3) is 11.4 Å². The van der Waals surface area contributed by atoms with Gasteiger partial charge in [0.05, 0.1) is 0 Å². The van der Waals surface area contributed by atoms with Gasteiger partial charge in [-0.2, -0.15) is 4.98 Å². The lowest BCUT2D eigenvalue weighted by molar-refractivity contribution is -0.138. The number of halogens is 4. The Balaban J connectivity index is 1.57. The number of anilines is 1. The van der Waals surface area contributed by atoms with Crippen LogP contribution >= 0.6 is 0 Å². The number of carboxylic acid groups (broad SMARTS) is 1. The number of aromatic nitrogens is 2. The van der Waals surface area contributed by atoms with Crippen LogP contribution in [0.15, 0.2) is 36.4 Å². The molecule has 10 heteroatoms. The van der Waals surface area contributed by atoms with Gasteiger partial charge >= 0.3 is 5.97 Å². The summed E-state index contributed by atoms with van der Waals surface area (Å²) in [4.78, 5) is 20.8. The zero-order chi connectivity index (χ0) is 24.4. The van der Waals surface area contributed by atoms with Crippen molar-refractivity contribution in [1.82, 2.24) is 9.97 Å². The number of ether oxygens (including phenoxy) is 1. The van der Waals surface area contributed by atoms with E-state index < -0.39 is 29.2 Å². The van der Waals surface area contributed by atoms with E-state index in [9.17, 15) is 22.4 Å². The minimum Gasteiger partial charge on any atom is -0.481 e. The molecule has 4 rings (SSSR count). The van der Waals surface area contributed by atoms with Crippen LogP contribution in [-0.4, -0.2) is 34.1 Å². The Morgan fingerprint density at radius 2 is 1.68 bits per heavy atom. The third-order valence-electron chi connectivity index (χ3n) is 5.61. The van der Waals surface area contributed by atoms with Crippen molar-refractivity contribution in [3.63, 3.8) is 0 Å². The van der Waals surface area contributed by atoms with Crippen LogP contribution in [0.2, 0.25) is 0 Å². The number of benzene rings is 2. The van der Waals surface area contributed by atoms with Crippen molar-refractivity contribution in [2.24, 2.45) is 5.92 Å². The number of rotatable bonds is 6. The highest BCUT2D eigenvalue weighted by molar-refractivity contribution is 5.67. The quantitative estimate of drug-likeness (QED) is 0.475. The van der Waals surface area contributed by atoms with Gasteiger partial charge in [0.1, 0.15) is 23.1 Å². The molecule has 1 fully saturated rings. The summed E-state index contributed by atoms with van der Waals surface area (Å²) in [5.41, 5.74) is 0.342. The molecule has 1 N–H and O–H groups in total. The molecule has 0 bridgehead atoms. The highest BCUT2D eigenvalue weighted by atomic mass is 19.2. The van der Waals surface area contributed by atoms with E-state index in [1.165, 1.54) is 12.1 Å². The number of hydrogen-bond donors (Lipinski definition) is 1. The fraction of sp³-hybridized carbons (Fsp3) is 0.292. The lowest BCUT2D eigenvalue weighted by Gasteiger charge is -2.33. The largest absolute Gasteiger partial charge is 0.481 e. The smallest absolute Gasteiger partial charge is 0.303 e. The van der Waals surface area contributed by atoms with Crippen molar-refractivity contribution in [2.75, 3.05) is 18.0 Å². The van der Waals surface area contributed by atoms with Gasteiger partial charge in [-0.15, -0.1) is 0 Å². The molecule has 0 atom stereocenters. The fourth-order valence-corrected chi connectivity index (χ4v) is 3.99. The van der Waals surface area contributed by atoms with Gasteiger partial charge in [0.15, 0.2) is 17.5 Å². The first-order valence-electron chi connectivity index (χ1n) is 10.6. The highest BCUT2D eigenvalue weighted by Gasteiger charge is 2.26. The molecule has 1 saturated heterocycles. The lowest BCUT2D eigenvalue weighted by Crippen LogP contribution is -2.35. The highest BCUT2D eigenvalue weighted by Crippen LogP contribution is 2.33. The van der Waals surface area contributed by atoms with Crippen LogP contribution in [0, 0.1) is 36.1 Å². The van der Waals surface area contributed by atoms with Gasteiger partial charge in [0.2, 0.25) is 5.88 Å². The molecule has 0 spiro atoms. The lowest BCUT2D eigenvalue weighted by atomic mass is 9.93. The normalized spacial score (nSPS) is 14.3. The van der Waals surface area contributed by atoms with Gasteiger partial charge in [-0.3, -0.25) is 4.79 Å². The van der Waals surface area contributed by atoms with Crippen molar-refractivity contribution >= 4 is 11.7 Å². The third kappa shape index (κ3) is 5.27. The minimum absolute atomic E-state index is 0.00101. The SMILES string of the molecule is Cc1cc(Oc2ccc(F)c(F)c2)nc(-c2cc(F)c(N3CCC(CC(=O)O)CC3)c(F)c2)n1. The Morgan fingerprint density at radius 1 is 1.00 bits per heavy atom. The Morgan fingerprint density at radius 3 is 2.29 bits per heavy atom. The first kappa shape index (κ1) is 23.5. The second kappa shape index (κ2) is 9.66. The molecule has 0 amide bonds. The first-order valence-corrected chi connectivity index (χ1v) is 10.6. The molecule has 0 aliphatic carbocycles. The summed E-state index contributed by atoms with van der Waals surface area (Å²) in [5, 5.41) is 8.93. The predicted molar refractivity (Wildman–Crippen MR) is 116 cm³/mol. The van der Waals surface area contributed by atoms with Crippen LogP contribution in [0.5, 0.6) is 11.6 Å². The van der Waals surface area contributed by atoms with E-state index in [4.69, 9.17) is 9.84 Å². The number of piperidine rings is 1. The van der Waals surface area contributed by atoms with E-state index in [0.717, 1.165) is 24.3 Å². The number of aliphatic carboxylic acids is 1. The van der Waals surface area contributed by atoms with Gasteiger partial charge in [-0.25, -0.2) is 22.5 Å². The molecule has 34 heavy (non-hydrogen) atoms. The summed E-state index contributed by atoms with van der Waals surface area (Å²) in [7, 11) is 0. The molecule has 0 radical (unpaired) electrons. The standard InChI is InChI=1S/C24H21F4N3O3/c1-13-8-21(34-16-2-3-17(25)18(26)12-16)30-24(29-13)15-10-19(27)23(20(28)11-15)31-6-4-14(5-7-31)9-22(32)33/h2-3,8,10-12,14H,4-7,9H2,1H3,(H,32,33). The van der Waals surface area contributed by atoms with Gasteiger partial charge in [-0.05, 0) is 49.9 Å². The Labute approximate surface area is 192 Å². The van der Waals surface area contributed by atoms with Gasteiger partial charge in [0.25, 0.3) is 0 Å². The Kier molecular flexibility index (Phi) is 6.67. The van der Waals surface area contributed by atoms with Gasteiger partial charge < -0.3 is 14.7 Å². The molecule has 6 nitrogen and oxygen atoms in total. The van der Waals surface area contributed by atoms with Gasteiger partial charge in [0, 0.05) is 42.9 Å². The Hall–Kier alpha value is -3.69. The first-order chi connectivity index (χ1) is 16.2. The predicted octanol–water partition coefficient (Wildman–Crippen LogP) is 5.49. The van der Waals surface area contributed by atoms with Crippen LogP contribution in [0.1, 0.15) is 25.0 Å². The van der Waals surface area contributed by atoms with Crippen molar-refractivity contribution in [3.8, 4) is 23.0 Å². The van der Waals surface area contributed by atoms with Crippen LogP contribution in [0.3, 0.4) is 0 Å². The van der Waals surface area contributed by atoms with Crippen molar-refractivity contribution in [1.29, 1.82) is 0 Å². The van der Waals surface area contributed by atoms with E-state index >= 15 is 0 Å². The second-order valence-electron chi connectivity index (χ2n) is 8.17. The molecule has 2 aromatic carbocycles. The monoisotopic (exact) mass is 475 g/mol. The Bertz CT molecular complexity index is 1210. The molecule has 178 valence electrons. The molecule has 2 heterocycles. The van der Waals surface area contributed by atoms with E-state index in [2.05, 4.69) is 9.97 Å². The van der Waals surface area contributed by atoms with Crippen molar-refractivity contribution in [3.05, 3.63) is 65.4 Å². The molecular formula is C24H21F4N3O3. The average molecular weight is 475 g/mol.